The van der Waals surface area contributed by atoms with E-state index >= 15 is 0 Å². The minimum atomic E-state index is -0.0513. The van der Waals surface area contributed by atoms with Crippen molar-refractivity contribution in [3.05, 3.63) is 63.6 Å². The molecule has 1 heterocycles. The lowest BCUT2D eigenvalue weighted by molar-refractivity contribution is 0.0785. The number of rotatable bonds is 4. The van der Waals surface area contributed by atoms with Gasteiger partial charge in [-0.15, -0.1) is 0 Å². The topological polar surface area (TPSA) is 32.8 Å². The van der Waals surface area contributed by atoms with Crippen molar-refractivity contribution < 1.29 is 9.53 Å². The summed E-state index contributed by atoms with van der Waals surface area (Å²) in [5.74, 6) is -0.0513. The van der Waals surface area contributed by atoms with Crippen LogP contribution in [-0.2, 0) is 11.3 Å². The molecule has 0 saturated carbocycles. The van der Waals surface area contributed by atoms with Gasteiger partial charge in [0.1, 0.15) is 0 Å². The third-order valence-electron chi connectivity index (χ3n) is 4.28. The van der Waals surface area contributed by atoms with E-state index < -0.39 is 0 Å². The highest BCUT2D eigenvalue weighted by Crippen LogP contribution is 2.26. The van der Waals surface area contributed by atoms with Gasteiger partial charge in [-0.1, -0.05) is 35.3 Å². The second kappa shape index (κ2) is 8.09. The lowest BCUT2D eigenvalue weighted by atomic mass is 10.1. The summed E-state index contributed by atoms with van der Waals surface area (Å²) >= 11 is 12.2. The van der Waals surface area contributed by atoms with Crippen molar-refractivity contribution in [3.63, 3.8) is 0 Å². The lowest BCUT2D eigenvalue weighted by Gasteiger charge is -2.29. The maximum absolute atomic E-state index is 12.6. The minimum absolute atomic E-state index is 0.0513. The van der Waals surface area contributed by atoms with Crippen LogP contribution in [0.4, 0.5) is 5.69 Å². The highest BCUT2D eigenvalue weighted by Gasteiger charge is 2.16. The quantitative estimate of drug-likeness (QED) is 0.802. The Bertz CT molecular complexity index is 744. The predicted octanol–water partition coefficient (Wildman–Crippen LogP) is 4.10. The van der Waals surface area contributed by atoms with Crippen molar-refractivity contribution in [2.75, 3.05) is 38.3 Å². The summed E-state index contributed by atoms with van der Waals surface area (Å²) in [7, 11) is 1.76. The Morgan fingerprint density at radius 3 is 2.48 bits per heavy atom. The third kappa shape index (κ3) is 4.27. The average molecular weight is 379 g/mol. The molecule has 3 rings (SSSR count). The molecule has 0 aromatic heterocycles. The van der Waals surface area contributed by atoms with E-state index in [1.165, 1.54) is 0 Å². The zero-order chi connectivity index (χ0) is 17.8. The van der Waals surface area contributed by atoms with Gasteiger partial charge in [0.2, 0.25) is 0 Å². The molecule has 0 aliphatic carbocycles. The van der Waals surface area contributed by atoms with Crippen LogP contribution in [-0.4, -0.2) is 44.2 Å². The van der Waals surface area contributed by atoms with E-state index in [1.807, 2.05) is 36.4 Å². The standard InChI is InChI=1S/C19H20Cl2N2O2/c1-22(13-15-3-2-4-17(20)18(15)21)19(24)14-5-7-16(8-6-14)23-9-11-25-12-10-23/h2-8H,9-13H2,1H3. The summed E-state index contributed by atoms with van der Waals surface area (Å²) in [6.07, 6.45) is 0. The number of carbonyl (C=O) groups excluding carboxylic acids is 1. The van der Waals surface area contributed by atoms with Gasteiger partial charge in [0.25, 0.3) is 5.91 Å². The number of anilines is 1. The molecule has 1 fully saturated rings. The van der Waals surface area contributed by atoms with Gasteiger partial charge >= 0.3 is 0 Å². The summed E-state index contributed by atoms with van der Waals surface area (Å²) < 4.78 is 5.37. The molecule has 1 aliphatic rings. The molecule has 0 bridgehead atoms. The van der Waals surface area contributed by atoms with E-state index in [0.29, 0.717) is 22.2 Å². The fourth-order valence-corrected chi connectivity index (χ4v) is 3.23. The largest absolute Gasteiger partial charge is 0.378 e. The molecule has 0 N–H and O–H groups in total. The number of nitrogens with zero attached hydrogens (tertiary/aromatic N) is 2. The van der Waals surface area contributed by atoms with Crippen LogP contribution in [0.2, 0.25) is 10.0 Å². The Hall–Kier alpha value is -1.75. The van der Waals surface area contributed by atoms with E-state index in [4.69, 9.17) is 27.9 Å². The van der Waals surface area contributed by atoms with E-state index in [1.54, 1.807) is 18.0 Å². The van der Waals surface area contributed by atoms with Crippen molar-refractivity contribution in [2.45, 2.75) is 6.54 Å². The van der Waals surface area contributed by atoms with Gasteiger partial charge in [-0.3, -0.25) is 4.79 Å². The maximum atomic E-state index is 12.6. The first-order chi connectivity index (χ1) is 12.1. The first kappa shape index (κ1) is 18.1. The molecule has 0 atom stereocenters. The normalized spacial score (nSPS) is 14.4. The van der Waals surface area contributed by atoms with Crippen LogP contribution in [0.3, 0.4) is 0 Å². The van der Waals surface area contributed by atoms with Crippen LogP contribution in [0.1, 0.15) is 15.9 Å². The molecule has 1 aliphatic heterocycles. The molecule has 1 amide bonds. The molecule has 6 heteroatoms. The highest BCUT2D eigenvalue weighted by atomic mass is 35.5. The van der Waals surface area contributed by atoms with Crippen LogP contribution >= 0.6 is 23.2 Å². The average Bonchev–Trinajstić information content (AvgIpc) is 2.65. The van der Waals surface area contributed by atoms with E-state index in [0.717, 1.165) is 37.6 Å². The number of benzene rings is 2. The zero-order valence-corrected chi connectivity index (χ0v) is 15.6. The first-order valence-corrected chi connectivity index (χ1v) is 8.93. The number of ether oxygens (including phenoxy) is 1. The summed E-state index contributed by atoms with van der Waals surface area (Å²) in [4.78, 5) is 16.5. The van der Waals surface area contributed by atoms with Gasteiger partial charge in [0, 0.05) is 37.9 Å². The minimum Gasteiger partial charge on any atom is -0.378 e. The Morgan fingerprint density at radius 1 is 1.12 bits per heavy atom. The van der Waals surface area contributed by atoms with Crippen LogP contribution in [0.15, 0.2) is 42.5 Å². The maximum Gasteiger partial charge on any atom is 0.253 e. The third-order valence-corrected chi connectivity index (χ3v) is 5.13. The van der Waals surface area contributed by atoms with Crippen LogP contribution in [0, 0.1) is 0 Å². The number of hydrogen-bond acceptors (Lipinski definition) is 3. The summed E-state index contributed by atoms with van der Waals surface area (Å²) in [6, 6.07) is 13.1. The second-order valence-corrected chi connectivity index (χ2v) is 6.81. The Balaban J connectivity index is 1.68. The van der Waals surface area contributed by atoms with Gasteiger partial charge in [0.15, 0.2) is 0 Å². The fourth-order valence-electron chi connectivity index (χ4n) is 2.85. The summed E-state index contributed by atoms with van der Waals surface area (Å²) in [5.41, 5.74) is 2.59. The SMILES string of the molecule is CN(Cc1cccc(Cl)c1Cl)C(=O)c1ccc(N2CCOCC2)cc1. The number of morpholine rings is 1. The second-order valence-electron chi connectivity index (χ2n) is 6.02. The van der Waals surface area contributed by atoms with Crippen molar-refractivity contribution in [2.24, 2.45) is 0 Å². The summed E-state index contributed by atoms with van der Waals surface area (Å²) in [6.45, 7) is 3.64. The fraction of sp³-hybridized carbons (Fsp3) is 0.316. The smallest absolute Gasteiger partial charge is 0.253 e. The molecule has 1 saturated heterocycles. The van der Waals surface area contributed by atoms with Crippen LogP contribution in [0.25, 0.3) is 0 Å². The van der Waals surface area contributed by atoms with Crippen molar-refractivity contribution >= 4 is 34.8 Å². The van der Waals surface area contributed by atoms with Crippen LogP contribution < -0.4 is 4.90 Å². The first-order valence-electron chi connectivity index (χ1n) is 8.17. The molecule has 132 valence electrons. The molecule has 4 nitrogen and oxygen atoms in total. The van der Waals surface area contributed by atoms with E-state index in [9.17, 15) is 4.79 Å². The Labute approximate surface area is 157 Å². The van der Waals surface area contributed by atoms with Gasteiger partial charge in [-0.2, -0.15) is 0 Å². The van der Waals surface area contributed by atoms with Crippen LogP contribution in [0.5, 0.6) is 0 Å². The lowest BCUT2D eigenvalue weighted by Crippen LogP contribution is -2.36. The molecule has 0 spiro atoms. The van der Waals surface area contributed by atoms with Crippen molar-refractivity contribution in [3.8, 4) is 0 Å². The van der Waals surface area contributed by atoms with Gasteiger partial charge < -0.3 is 14.5 Å². The van der Waals surface area contributed by atoms with Gasteiger partial charge in [0.05, 0.1) is 23.3 Å². The molecule has 2 aromatic carbocycles. The number of halogens is 2. The number of hydrogen-bond donors (Lipinski definition) is 0. The van der Waals surface area contributed by atoms with Crippen molar-refractivity contribution in [1.29, 1.82) is 0 Å². The van der Waals surface area contributed by atoms with E-state index in [-0.39, 0.29) is 5.91 Å². The predicted molar refractivity (Wildman–Crippen MR) is 102 cm³/mol. The molecule has 2 aromatic rings. The Kier molecular flexibility index (Phi) is 5.84. The van der Waals surface area contributed by atoms with E-state index in [2.05, 4.69) is 4.90 Å². The van der Waals surface area contributed by atoms with Gasteiger partial charge in [-0.25, -0.2) is 0 Å². The Morgan fingerprint density at radius 2 is 1.80 bits per heavy atom. The molecule has 25 heavy (non-hydrogen) atoms. The molecular formula is C19H20Cl2N2O2. The molecule has 0 radical (unpaired) electrons. The van der Waals surface area contributed by atoms with Crippen molar-refractivity contribution in [1.82, 2.24) is 4.90 Å². The zero-order valence-electron chi connectivity index (χ0n) is 14.0. The molecule has 0 unspecified atom stereocenters. The summed E-state index contributed by atoms with van der Waals surface area (Å²) in [5, 5.41) is 0.987. The number of carbonyl (C=O) groups is 1. The molecular weight excluding hydrogens is 359 g/mol. The van der Waals surface area contributed by atoms with Gasteiger partial charge in [-0.05, 0) is 35.9 Å². The highest BCUT2D eigenvalue weighted by molar-refractivity contribution is 6.42. The monoisotopic (exact) mass is 378 g/mol. The number of amides is 1.